The number of anilines is 1. The van der Waals surface area contributed by atoms with E-state index in [0.717, 1.165) is 23.4 Å². The summed E-state index contributed by atoms with van der Waals surface area (Å²) in [5, 5.41) is 14.7. The lowest BCUT2D eigenvalue weighted by Crippen LogP contribution is -2.03. The van der Waals surface area contributed by atoms with Crippen molar-refractivity contribution in [3.63, 3.8) is 0 Å². The van der Waals surface area contributed by atoms with Crippen LogP contribution in [-0.4, -0.2) is 16.5 Å². The average Bonchev–Trinajstić information content (AvgIpc) is 2.47. The van der Waals surface area contributed by atoms with E-state index in [0.29, 0.717) is 10.8 Å². The van der Waals surface area contributed by atoms with Crippen LogP contribution in [0.25, 0.3) is 0 Å². The Bertz CT molecular complexity index is 629. The first-order chi connectivity index (χ1) is 10.1. The van der Waals surface area contributed by atoms with E-state index in [1.807, 2.05) is 31.2 Å². The summed E-state index contributed by atoms with van der Waals surface area (Å²) in [6, 6.07) is 11.0. The minimum atomic E-state index is -0.396. The van der Waals surface area contributed by atoms with Crippen LogP contribution in [0.3, 0.4) is 0 Å². The van der Waals surface area contributed by atoms with Crippen LogP contribution in [0.15, 0.2) is 46.3 Å². The molecule has 2 rings (SSSR count). The highest BCUT2D eigenvalue weighted by molar-refractivity contribution is 7.99. The quantitative estimate of drug-likeness (QED) is 0.637. The minimum absolute atomic E-state index is 0.0302. The number of hydrogen-bond donors (Lipinski definition) is 1. The number of aromatic nitrogens is 1. The maximum Gasteiger partial charge on any atom is 0.301 e. The van der Waals surface area contributed by atoms with Gasteiger partial charge in [0.2, 0.25) is 0 Å². The first-order valence-corrected chi connectivity index (χ1v) is 7.55. The summed E-state index contributed by atoms with van der Waals surface area (Å²) in [4.78, 5) is 16.0. The van der Waals surface area contributed by atoms with E-state index in [1.54, 1.807) is 6.07 Å². The normalized spacial score (nSPS) is 10.4. The molecule has 0 fully saturated rings. The van der Waals surface area contributed by atoms with Crippen molar-refractivity contribution >= 4 is 23.3 Å². The molecule has 0 aliphatic rings. The van der Waals surface area contributed by atoms with Gasteiger partial charge in [0.1, 0.15) is 5.82 Å². The first kappa shape index (κ1) is 15.3. The highest BCUT2D eigenvalue weighted by Gasteiger charge is 2.17. The second-order valence-corrected chi connectivity index (χ2v) is 5.68. The SMILES string of the molecule is CCCNc1ccc([N+](=O)[O-])c(Sc2ccc(C)cc2)n1. The van der Waals surface area contributed by atoms with Crippen molar-refractivity contribution in [2.45, 2.75) is 30.2 Å². The fourth-order valence-corrected chi connectivity index (χ4v) is 2.60. The number of nitro groups is 1. The molecule has 1 heterocycles. The summed E-state index contributed by atoms with van der Waals surface area (Å²) in [7, 11) is 0. The third-order valence-corrected chi connectivity index (χ3v) is 3.83. The van der Waals surface area contributed by atoms with Crippen molar-refractivity contribution in [2.75, 3.05) is 11.9 Å². The number of nitrogens with zero attached hydrogens (tertiary/aromatic N) is 2. The average molecular weight is 303 g/mol. The standard InChI is InChI=1S/C15H17N3O2S/c1-3-10-16-14-9-8-13(18(19)20)15(17-14)21-12-6-4-11(2)5-7-12/h4-9H,3,10H2,1-2H3,(H,16,17). The lowest BCUT2D eigenvalue weighted by molar-refractivity contribution is -0.388. The zero-order chi connectivity index (χ0) is 15.2. The third-order valence-electron chi connectivity index (χ3n) is 2.83. The van der Waals surface area contributed by atoms with Gasteiger partial charge in [-0.2, -0.15) is 0 Å². The number of nitrogens with one attached hydrogen (secondary N) is 1. The van der Waals surface area contributed by atoms with Crippen molar-refractivity contribution in [1.82, 2.24) is 4.98 Å². The molecule has 0 atom stereocenters. The van der Waals surface area contributed by atoms with E-state index in [2.05, 4.69) is 17.2 Å². The van der Waals surface area contributed by atoms with Gasteiger partial charge in [0.15, 0.2) is 5.03 Å². The fourth-order valence-electron chi connectivity index (χ4n) is 1.72. The molecule has 0 amide bonds. The Kier molecular flexibility index (Phi) is 5.16. The molecule has 1 N–H and O–H groups in total. The zero-order valence-electron chi connectivity index (χ0n) is 12.0. The number of benzene rings is 1. The summed E-state index contributed by atoms with van der Waals surface area (Å²) in [5.74, 6) is 0.664. The van der Waals surface area contributed by atoms with Gasteiger partial charge in [-0.25, -0.2) is 4.98 Å². The van der Waals surface area contributed by atoms with Crippen molar-refractivity contribution < 1.29 is 4.92 Å². The largest absolute Gasteiger partial charge is 0.370 e. The van der Waals surface area contributed by atoms with Crippen molar-refractivity contribution in [3.8, 4) is 0 Å². The van der Waals surface area contributed by atoms with Crippen LogP contribution in [0.1, 0.15) is 18.9 Å². The van der Waals surface area contributed by atoms with Crippen LogP contribution in [-0.2, 0) is 0 Å². The van der Waals surface area contributed by atoms with Crippen LogP contribution >= 0.6 is 11.8 Å². The molecule has 0 bridgehead atoms. The lowest BCUT2D eigenvalue weighted by Gasteiger charge is -2.07. The maximum absolute atomic E-state index is 11.1. The maximum atomic E-state index is 11.1. The molecule has 0 unspecified atom stereocenters. The molecule has 0 saturated heterocycles. The van der Waals surface area contributed by atoms with Crippen LogP contribution in [0.4, 0.5) is 11.5 Å². The molecule has 21 heavy (non-hydrogen) atoms. The predicted octanol–water partition coefficient (Wildman–Crippen LogP) is 4.27. The fraction of sp³-hybridized carbons (Fsp3) is 0.267. The van der Waals surface area contributed by atoms with E-state index < -0.39 is 4.92 Å². The summed E-state index contributed by atoms with van der Waals surface area (Å²) in [6.07, 6.45) is 0.971. The Morgan fingerprint density at radius 1 is 1.24 bits per heavy atom. The van der Waals surface area contributed by atoms with E-state index in [4.69, 9.17) is 0 Å². The molecule has 5 nitrogen and oxygen atoms in total. The molecule has 110 valence electrons. The monoisotopic (exact) mass is 303 g/mol. The van der Waals surface area contributed by atoms with E-state index in [-0.39, 0.29) is 5.69 Å². The van der Waals surface area contributed by atoms with Crippen molar-refractivity contribution in [3.05, 3.63) is 52.1 Å². The molecule has 0 saturated carbocycles. The van der Waals surface area contributed by atoms with Gasteiger partial charge >= 0.3 is 5.69 Å². The Balaban J connectivity index is 2.29. The van der Waals surface area contributed by atoms with Crippen LogP contribution in [0, 0.1) is 17.0 Å². The summed E-state index contributed by atoms with van der Waals surface area (Å²) in [6.45, 7) is 4.85. The smallest absolute Gasteiger partial charge is 0.301 e. The van der Waals surface area contributed by atoms with Crippen LogP contribution in [0.5, 0.6) is 0 Å². The van der Waals surface area contributed by atoms with Gasteiger partial charge in [-0.1, -0.05) is 36.4 Å². The van der Waals surface area contributed by atoms with Gasteiger partial charge < -0.3 is 5.32 Å². The number of hydrogen-bond acceptors (Lipinski definition) is 5. The minimum Gasteiger partial charge on any atom is -0.370 e. The molecule has 0 aliphatic heterocycles. The summed E-state index contributed by atoms with van der Waals surface area (Å²) < 4.78 is 0. The molecular weight excluding hydrogens is 286 g/mol. The van der Waals surface area contributed by atoms with E-state index >= 15 is 0 Å². The third kappa shape index (κ3) is 4.19. The van der Waals surface area contributed by atoms with Gasteiger partial charge in [-0.05, 0) is 31.5 Å². The number of pyridine rings is 1. The highest BCUT2D eigenvalue weighted by Crippen LogP contribution is 2.34. The van der Waals surface area contributed by atoms with Crippen molar-refractivity contribution in [1.29, 1.82) is 0 Å². The number of aryl methyl sites for hydroxylation is 1. The van der Waals surface area contributed by atoms with Gasteiger partial charge in [0.25, 0.3) is 0 Å². The molecule has 0 spiro atoms. The van der Waals surface area contributed by atoms with Crippen molar-refractivity contribution in [2.24, 2.45) is 0 Å². The van der Waals surface area contributed by atoms with Crippen LogP contribution in [0.2, 0.25) is 0 Å². The Morgan fingerprint density at radius 2 is 1.95 bits per heavy atom. The van der Waals surface area contributed by atoms with Gasteiger partial charge in [0.05, 0.1) is 4.92 Å². The molecule has 6 heteroatoms. The summed E-state index contributed by atoms with van der Waals surface area (Å²) in [5.41, 5.74) is 1.18. The second-order valence-electron chi connectivity index (χ2n) is 4.62. The Morgan fingerprint density at radius 3 is 2.57 bits per heavy atom. The molecular formula is C15H17N3O2S. The van der Waals surface area contributed by atoms with Gasteiger partial charge in [-0.3, -0.25) is 10.1 Å². The lowest BCUT2D eigenvalue weighted by atomic mass is 10.2. The van der Waals surface area contributed by atoms with E-state index in [9.17, 15) is 10.1 Å². The van der Waals surface area contributed by atoms with Gasteiger partial charge in [-0.15, -0.1) is 0 Å². The topological polar surface area (TPSA) is 68.1 Å². The predicted molar refractivity (Wildman–Crippen MR) is 85.0 cm³/mol. The Labute approximate surface area is 127 Å². The summed E-state index contributed by atoms with van der Waals surface area (Å²) >= 11 is 1.31. The molecule has 0 aliphatic carbocycles. The number of rotatable bonds is 6. The first-order valence-electron chi connectivity index (χ1n) is 6.74. The molecule has 0 radical (unpaired) electrons. The second kappa shape index (κ2) is 7.08. The molecule has 1 aromatic heterocycles. The highest BCUT2D eigenvalue weighted by atomic mass is 32.2. The molecule has 2 aromatic rings. The van der Waals surface area contributed by atoms with E-state index in [1.165, 1.54) is 17.8 Å². The molecule has 1 aromatic carbocycles. The Hall–Kier alpha value is -2.08. The van der Waals surface area contributed by atoms with Crippen LogP contribution < -0.4 is 5.32 Å². The van der Waals surface area contributed by atoms with Gasteiger partial charge in [0, 0.05) is 17.5 Å². The zero-order valence-corrected chi connectivity index (χ0v) is 12.8.